The minimum atomic E-state index is -0.199. The van der Waals surface area contributed by atoms with Crippen LogP contribution in [0.25, 0.3) is 5.57 Å². The van der Waals surface area contributed by atoms with Crippen LogP contribution >= 0.6 is 0 Å². The highest BCUT2D eigenvalue weighted by atomic mass is 16.1. The molecule has 0 unspecified atom stereocenters. The maximum absolute atomic E-state index is 11.6. The number of amides is 1. The quantitative estimate of drug-likeness (QED) is 0.802. The van der Waals surface area contributed by atoms with Crippen LogP contribution in [0.3, 0.4) is 0 Å². The van der Waals surface area contributed by atoms with Crippen LogP contribution in [0.4, 0.5) is 5.69 Å². The summed E-state index contributed by atoms with van der Waals surface area (Å²) >= 11 is 0. The van der Waals surface area contributed by atoms with Crippen molar-refractivity contribution in [3.63, 3.8) is 0 Å². The third-order valence-corrected chi connectivity index (χ3v) is 2.47. The lowest BCUT2D eigenvalue weighted by Crippen LogP contribution is -2.08. The molecule has 2 rings (SSSR count). The molecular weight excluding hydrogens is 230 g/mol. The monoisotopic (exact) mass is 241 g/mol. The molecule has 4 nitrogen and oxygen atoms in total. The van der Waals surface area contributed by atoms with Crippen LogP contribution < -0.4 is 5.32 Å². The lowest BCUT2D eigenvalue weighted by atomic mass is 9.96. The Balaban J connectivity index is 2.27. The molecule has 0 atom stereocenters. The Hall–Kier alpha value is -2.49. The number of hydrogen-bond donors (Lipinski definition) is 1. The van der Waals surface area contributed by atoms with Crippen molar-refractivity contribution in [3.8, 4) is 0 Å². The number of anilines is 1. The Morgan fingerprint density at radius 1 is 1.06 bits per heavy atom. The largest absolute Gasteiger partial charge is 0.326 e. The second-order valence-electron chi connectivity index (χ2n) is 3.92. The topological polar surface area (TPSA) is 63.2 Å². The number of ketones is 2. The lowest BCUT2D eigenvalue weighted by molar-refractivity contribution is -0.114. The van der Waals surface area contributed by atoms with Gasteiger partial charge in [0.1, 0.15) is 0 Å². The molecule has 0 aliphatic heterocycles. The number of carbonyl (C=O) groups excluding carboxylic acids is 3. The first-order valence-corrected chi connectivity index (χ1v) is 5.42. The van der Waals surface area contributed by atoms with E-state index in [2.05, 4.69) is 5.32 Å². The van der Waals surface area contributed by atoms with E-state index in [1.54, 1.807) is 24.3 Å². The van der Waals surface area contributed by atoms with Crippen molar-refractivity contribution in [2.75, 3.05) is 5.32 Å². The van der Waals surface area contributed by atoms with Crippen LogP contribution in [-0.4, -0.2) is 17.5 Å². The predicted molar refractivity (Wildman–Crippen MR) is 67.9 cm³/mol. The summed E-state index contributed by atoms with van der Waals surface area (Å²) < 4.78 is 0. The van der Waals surface area contributed by atoms with Gasteiger partial charge in [0, 0.05) is 18.2 Å². The molecule has 0 fully saturated rings. The number of benzene rings is 1. The predicted octanol–water partition coefficient (Wildman–Crippen LogP) is 1.74. The van der Waals surface area contributed by atoms with Gasteiger partial charge in [0.05, 0.1) is 0 Å². The zero-order valence-corrected chi connectivity index (χ0v) is 9.77. The zero-order chi connectivity index (χ0) is 13.1. The van der Waals surface area contributed by atoms with E-state index in [0.717, 1.165) is 0 Å². The Morgan fingerprint density at radius 2 is 1.72 bits per heavy atom. The lowest BCUT2D eigenvalue weighted by Gasteiger charge is -2.08. The summed E-state index contributed by atoms with van der Waals surface area (Å²) in [5.74, 6) is -0.550. The van der Waals surface area contributed by atoms with Crippen molar-refractivity contribution in [2.24, 2.45) is 0 Å². The van der Waals surface area contributed by atoms with E-state index in [1.807, 2.05) is 0 Å². The minimum Gasteiger partial charge on any atom is -0.326 e. The highest BCUT2D eigenvalue weighted by molar-refractivity contribution is 6.33. The summed E-state index contributed by atoms with van der Waals surface area (Å²) in [5.41, 5.74) is 1.68. The van der Waals surface area contributed by atoms with Gasteiger partial charge in [0.2, 0.25) is 5.91 Å². The molecule has 4 heteroatoms. The molecule has 0 aromatic heterocycles. The first kappa shape index (κ1) is 12.0. The standard InChI is InChI=1S/C14H11NO3/c1-9(16)15-11-4-2-10(3-5-11)13-8-12(17)6-7-14(13)18/h2-8H,1H3,(H,15,16). The van der Waals surface area contributed by atoms with E-state index >= 15 is 0 Å². The highest BCUT2D eigenvalue weighted by Gasteiger charge is 2.14. The molecule has 1 aromatic carbocycles. The number of allylic oxidation sites excluding steroid dienone is 4. The van der Waals surface area contributed by atoms with Gasteiger partial charge in [0.15, 0.2) is 11.6 Å². The number of hydrogen-bond acceptors (Lipinski definition) is 3. The van der Waals surface area contributed by atoms with E-state index in [1.165, 1.54) is 25.2 Å². The number of rotatable bonds is 2. The molecule has 0 bridgehead atoms. The normalized spacial score (nSPS) is 14.4. The summed E-state index contributed by atoms with van der Waals surface area (Å²) in [6.07, 6.45) is 3.83. The fourth-order valence-electron chi connectivity index (χ4n) is 1.67. The van der Waals surface area contributed by atoms with Gasteiger partial charge in [-0.15, -0.1) is 0 Å². The molecule has 0 heterocycles. The maximum Gasteiger partial charge on any atom is 0.221 e. The molecule has 0 saturated heterocycles. The maximum atomic E-state index is 11.6. The van der Waals surface area contributed by atoms with Gasteiger partial charge in [-0.2, -0.15) is 0 Å². The molecule has 90 valence electrons. The Morgan fingerprint density at radius 3 is 2.33 bits per heavy atom. The Bertz CT molecular complexity index is 580. The molecule has 1 aliphatic carbocycles. The Kier molecular flexibility index (Phi) is 3.19. The van der Waals surface area contributed by atoms with E-state index in [4.69, 9.17) is 0 Å². The fraction of sp³-hybridized carbons (Fsp3) is 0.0714. The second-order valence-corrected chi connectivity index (χ2v) is 3.92. The summed E-state index contributed by atoms with van der Waals surface area (Å²) in [7, 11) is 0. The summed E-state index contributed by atoms with van der Waals surface area (Å²) in [5, 5.41) is 2.63. The van der Waals surface area contributed by atoms with Crippen LogP contribution in [0.1, 0.15) is 12.5 Å². The number of carbonyl (C=O) groups is 3. The van der Waals surface area contributed by atoms with Crippen molar-refractivity contribution in [3.05, 3.63) is 48.1 Å². The average molecular weight is 241 g/mol. The molecule has 0 radical (unpaired) electrons. The van der Waals surface area contributed by atoms with Gasteiger partial charge >= 0.3 is 0 Å². The van der Waals surface area contributed by atoms with Crippen molar-refractivity contribution in [1.29, 1.82) is 0 Å². The van der Waals surface area contributed by atoms with Crippen LogP contribution in [0, 0.1) is 0 Å². The smallest absolute Gasteiger partial charge is 0.221 e. The van der Waals surface area contributed by atoms with Crippen LogP contribution in [0.2, 0.25) is 0 Å². The molecule has 1 aliphatic rings. The van der Waals surface area contributed by atoms with Crippen LogP contribution in [0.15, 0.2) is 42.5 Å². The van der Waals surface area contributed by atoms with Crippen molar-refractivity contribution in [1.82, 2.24) is 0 Å². The molecule has 1 N–H and O–H groups in total. The van der Waals surface area contributed by atoms with Crippen molar-refractivity contribution >= 4 is 28.7 Å². The van der Waals surface area contributed by atoms with Crippen LogP contribution in [0.5, 0.6) is 0 Å². The molecule has 18 heavy (non-hydrogen) atoms. The van der Waals surface area contributed by atoms with E-state index < -0.39 is 0 Å². The second kappa shape index (κ2) is 4.79. The van der Waals surface area contributed by atoms with Gasteiger partial charge in [-0.05, 0) is 35.9 Å². The van der Waals surface area contributed by atoms with Gasteiger partial charge in [0.25, 0.3) is 0 Å². The fourth-order valence-corrected chi connectivity index (χ4v) is 1.67. The number of nitrogens with one attached hydrogen (secondary N) is 1. The summed E-state index contributed by atoms with van der Waals surface area (Å²) in [6, 6.07) is 6.77. The first-order valence-electron chi connectivity index (χ1n) is 5.42. The van der Waals surface area contributed by atoms with Gasteiger partial charge in [-0.25, -0.2) is 0 Å². The summed E-state index contributed by atoms with van der Waals surface area (Å²) in [6.45, 7) is 1.42. The van der Waals surface area contributed by atoms with Crippen molar-refractivity contribution < 1.29 is 14.4 Å². The van der Waals surface area contributed by atoms with Crippen LogP contribution in [-0.2, 0) is 14.4 Å². The Labute approximate surface area is 104 Å². The third kappa shape index (κ3) is 2.60. The van der Waals surface area contributed by atoms with E-state index in [0.29, 0.717) is 16.8 Å². The molecule has 1 aromatic rings. The molecule has 1 amide bonds. The van der Waals surface area contributed by atoms with Gasteiger partial charge in [-0.3, -0.25) is 14.4 Å². The van der Waals surface area contributed by atoms with E-state index in [9.17, 15) is 14.4 Å². The van der Waals surface area contributed by atoms with Gasteiger partial charge < -0.3 is 5.32 Å². The van der Waals surface area contributed by atoms with Gasteiger partial charge in [-0.1, -0.05) is 12.1 Å². The molecule has 0 spiro atoms. The minimum absolute atomic E-state index is 0.159. The zero-order valence-electron chi connectivity index (χ0n) is 9.77. The third-order valence-electron chi connectivity index (χ3n) is 2.47. The van der Waals surface area contributed by atoms with E-state index in [-0.39, 0.29) is 17.5 Å². The summed E-state index contributed by atoms with van der Waals surface area (Å²) in [4.78, 5) is 33.7. The first-order chi connectivity index (χ1) is 8.56. The highest BCUT2D eigenvalue weighted by Crippen LogP contribution is 2.21. The molecule has 0 saturated carbocycles. The molecular formula is C14H11NO3. The average Bonchev–Trinajstić information content (AvgIpc) is 2.33. The SMILES string of the molecule is CC(=O)Nc1ccc(C2=CC(=O)C=CC2=O)cc1. The van der Waals surface area contributed by atoms with Crippen molar-refractivity contribution in [2.45, 2.75) is 6.92 Å².